The van der Waals surface area contributed by atoms with Crippen LogP contribution in [0.15, 0.2) is 40.2 Å². The van der Waals surface area contributed by atoms with E-state index in [2.05, 4.69) is 4.99 Å². The van der Waals surface area contributed by atoms with Crippen molar-refractivity contribution in [2.45, 2.75) is 51.9 Å². The van der Waals surface area contributed by atoms with Crippen LogP contribution in [0.4, 0.5) is 38.1 Å². The molecule has 0 aliphatic heterocycles. The number of aliphatic imine (C=N–C) groups is 1. The number of halogens is 5. The van der Waals surface area contributed by atoms with E-state index in [9.17, 15) is 31.5 Å². The third kappa shape index (κ3) is 7.56. The molecular formula is C22H25F5N4O3. The van der Waals surface area contributed by atoms with Gasteiger partial charge in [-0.25, -0.2) is 18.6 Å². The number of carbonyl (C=O) groups excluding carboxylic acids is 1. The Labute approximate surface area is 192 Å². The predicted octanol–water partition coefficient (Wildman–Crippen LogP) is 4.80. The van der Waals surface area contributed by atoms with E-state index >= 15 is 0 Å². The highest BCUT2D eigenvalue weighted by molar-refractivity contribution is 5.96. The number of hydrogen-bond acceptors (Lipinski definition) is 5. The minimum absolute atomic E-state index is 0.107. The summed E-state index contributed by atoms with van der Waals surface area (Å²) in [5.41, 5.74) is 3.04. The summed E-state index contributed by atoms with van der Waals surface area (Å²) >= 11 is 0. The van der Waals surface area contributed by atoms with E-state index in [1.807, 2.05) is 0 Å². The minimum atomic E-state index is -4.59. The number of benzene rings is 1. The van der Waals surface area contributed by atoms with Gasteiger partial charge in [0.25, 0.3) is 5.56 Å². The molecule has 2 N–H and O–H groups in total. The number of pyridine rings is 1. The molecule has 12 heteroatoms. The number of likely N-dealkylation sites (N-methyl/N-ethyl adjacent to an activating group) is 1. The Morgan fingerprint density at radius 2 is 1.85 bits per heavy atom. The molecule has 0 unspecified atom stereocenters. The maximum atomic E-state index is 14.4. The van der Waals surface area contributed by atoms with Crippen molar-refractivity contribution in [2.24, 2.45) is 4.99 Å². The molecule has 1 amide bonds. The summed E-state index contributed by atoms with van der Waals surface area (Å²) in [6.07, 6.45) is -6.34. The van der Waals surface area contributed by atoms with Gasteiger partial charge in [-0.05, 0) is 39.3 Å². The third-order valence-corrected chi connectivity index (χ3v) is 4.46. The van der Waals surface area contributed by atoms with Gasteiger partial charge in [0.1, 0.15) is 23.1 Å². The summed E-state index contributed by atoms with van der Waals surface area (Å²) in [6.45, 7) is 4.43. The smallest absolute Gasteiger partial charge is 0.415 e. The van der Waals surface area contributed by atoms with E-state index in [-0.39, 0.29) is 11.5 Å². The number of alkyl halides is 3. The van der Waals surface area contributed by atoms with Crippen LogP contribution in [0.2, 0.25) is 0 Å². The van der Waals surface area contributed by atoms with Crippen molar-refractivity contribution in [1.29, 1.82) is 0 Å². The van der Waals surface area contributed by atoms with Crippen LogP contribution in [0.25, 0.3) is 0 Å². The Balaban J connectivity index is 2.62. The molecule has 0 spiro atoms. The SMILES string of the molecule is CN(C(=O)OC(C)(C)C)C(Cn1cccc(N)c1=O)=Nc1cc(F)cc(F)c1CCC(F)(F)F. The normalized spacial score (nSPS) is 12.6. The molecule has 34 heavy (non-hydrogen) atoms. The number of aromatic nitrogens is 1. The van der Waals surface area contributed by atoms with Crippen LogP contribution in [0.1, 0.15) is 32.8 Å². The lowest BCUT2D eigenvalue weighted by atomic mass is 10.1. The van der Waals surface area contributed by atoms with Crippen LogP contribution in [0.5, 0.6) is 0 Å². The second-order valence-corrected chi connectivity index (χ2v) is 8.46. The van der Waals surface area contributed by atoms with Gasteiger partial charge in [0, 0.05) is 37.4 Å². The van der Waals surface area contributed by atoms with Gasteiger partial charge in [0.2, 0.25) is 0 Å². The minimum Gasteiger partial charge on any atom is -0.443 e. The number of ether oxygens (including phenoxy) is 1. The molecule has 2 rings (SSSR count). The van der Waals surface area contributed by atoms with Gasteiger partial charge in [-0.15, -0.1) is 0 Å². The first-order valence-electron chi connectivity index (χ1n) is 10.1. The highest BCUT2D eigenvalue weighted by Crippen LogP contribution is 2.30. The van der Waals surface area contributed by atoms with Crippen LogP contribution in [0.3, 0.4) is 0 Å². The van der Waals surface area contributed by atoms with E-state index in [0.29, 0.717) is 6.07 Å². The first-order chi connectivity index (χ1) is 15.6. The molecule has 0 atom stereocenters. The predicted molar refractivity (Wildman–Crippen MR) is 117 cm³/mol. The molecule has 0 aliphatic carbocycles. The topological polar surface area (TPSA) is 89.9 Å². The number of rotatable bonds is 5. The Morgan fingerprint density at radius 3 is 2.44 bits per heavy atom. The fourth-order valence-corrected chi connectivity index (χ4v) is 2.83. The van der Waals surface area contributed by atoms with E-state index in [4.69, 9.17) is 10.5 Å². The van der Waals surface area contributed by atoms with Crippen LogP contribution in [-0.2, 0) is 17.7 Å². The van der Waals surface area contributed by atoms with Gasteiger partial charge >= 0.3 is 12.3 Å². The zero-order valence-corrected chi connectivity index (χ0v) is 19.0. The van der Waals surface area contributed by atoms with Crippen LogP contribution >= 0.6 is 0 Å². The van der Waals surface area contributed by atoms with Crippen molar-refractivity contribution >= 4 is 23.3 Å². The molecule has 0 aliphatic rings. The molecule has 0 saturated heterocycles. The summed E-state index contributed by atoms with van der Waals surface area (Å²) in [6, 6.07) is 4.01. The number of amidine groups is 1. The van der Waals surface area contributed by atoms with Crippen LogP contribution in [-0.4, -0.2) is 40.2 Å². The number of nitrogen functional groups attached to an aromatic ring is 1. The molecule has 1 aromatic heterocycles. The van der Waals surface area contributed by atoms with Crippen molar-refractivity contribution < 1.29 is 31.5 Å². The zero-order chi connectivity index (χ0) is 25.8. The van der Waals surface area contributed by atoms with E-state index in [0.717, 1.165) is 15.5 Å². The molecule has 186 valence electrons. The van der Waals surface area contributed by atoms with Crippen molar-refractivity contribution in [3.63, 3.8) is 0 Å². The Hall–Kier alpha value is -3.44. The fraction of sp³-hybridized carbons (Fsp3) is 0.409. The summed E-state index contributed by atoms with van der Waals surface area (Å²) < 4.78 is 73.0. The first kappa shape index (κ1) is 26.8. The molecule has 7 nitrogen and oxygen atoms in total. The molecule has 2 aromatic rings. The lowest BCUT2D eigenvalue weighted by Crippen LogP contribution is -2.41. The van der Waals surface area contributed by atoms with Crippen LogP contribution < -0.4 is 11.3 Å². The second-order valence-electron chi connectivity index (χ2n) is 8.46. The van der Waals surface area contributed by atoms with Crippen molar-refractivity contribution in [2.75, 3.05) is 12.8 Å². The highest BCUT2D eigenvalue weighted by atomic mass is 19.4. The summed E-state index contributed by atoms with van der Waals surface area (Å²) in [4.78, 5) is 30.0. The monoisotopic (exact) mass is 488 g/mol. The second kappa shape index (κ2) is 10.2. The largest absolute Gasteiger partial charge is 0.443 e. The third-order valence-electron chi connectivity index (χ3n) is 4.46. The average molecular weight is 488 g/mol. The summed E-state index contributed by atoms with van der Waals surface area (Å²) in [5.74, 6) is -2.52. The Kier molecular flexibility index (Phi) is 8.06. The molecular weight excluding hydrogens is 463 g/mol. The summed E-state index contributed by atoms with van der Waals surface area (Å²) in [7, 11) is 1.25. The highest BCUT2D eigenvalue weighted by Gasteiger charge is 2.29. The van der Waals surface area contributed by atoms with E-state index in [1.165, 1.54) is 25.4 Å². The molecule has 1 heterocycles. The molecule has 1 aromatic carbocycles. The first-order valence-corrected chi connectivity index (χ1v) is 10.1. The standard InChI is InChI=1S/C22H25F5N4O3/c1-21(2,3)34-20(33)30(4)18(12-31-9-5-6-16(28)19(31)32)29-17-11-13(23)10-15(24)14(17)7-8-22(25,26)27/h5-6,9-11H,7-8,12,28H2,1-4H3. The fourth-order valence-electron chi connectivity index (χ4n) is 2.83. The molecule has 0 fully saturated rings. The van der Waals surface area contributed by atoms with Gasteiger partial charge < -0.3 is 15.0 Å². The van der Waals surface area contributed by atoms with Gasteiger partial charge in [-0.3, -0.25) is 9.69 Å². The van der Waals surface area contributed by atoms with E-state index in [1.54, 1.807) is 20.8 Å². The number of hydrogen-bond donors (Lipinski definition) is 1. The van der Waals surface area contributed by atoms with Gasteiger partial charge in [0.15, 0.2) is 0 Å². The molecule has 0 radical (unpaired) electrons. The number of anilines is 1. The Bertz CT molecular complexity index is 1140. The van der Waals surface area contributed by atoms with Crippen molar-refractivity contribution in [3.05, 3.63) is 58.0 Å². The maximum Gasteiger partial charge on any atom is 0.415 e. The lowest BCUT2D eigenvalue weighted by Gasteiger charge is -2.26. The number of nitrogens with two attached hydrogens (primary N) is 1. The van der Waals surface area contributed by atoms with Gasteiger partial charge in [-0.2, -0.15) is 13.2 Å². The number of amides is 1. The van der Waals surface area contributed by atoms with Gasteiger partial charge in [-0.1, -0.05) is 0 Å². The van der Waals surface area contributed by atoms with Crippen LogP contribution in [0, 0.1) is 11.6 Å². The number of carbonyl (C=O) groups is 1. The van der Waals surface area contributed by atoms with E-state index < -0.39 is 65.7 Å². The summed E-state index contributed by atoms with van der Waals surface area (Å²) in [5, 5.41) is 0. The van der Waals surface area contributed by atoms with Crippen molar-refractivity contribution in [3.8, 4) is 0 Å². The molecule has 0 bridgehead atoms. The van der Waals surface area contributed by atoms with Gasteiger partial charge in [0.05, 0.1) is 17.9 Å². The maximum absolute atomic E-state index is 14.4. The average Bonchev–Trinajstić information content (AvgIpc) is 2.67. The Morgan fingerprint density at radius 1 is 1.21 bits per heavy atom. The number of nitrogens with zero attached hydrogens (tertiary/aromatic N) is 3. The van der Waals surface area contributed by atoms with Crippen molar-refractivity contribution in [1.82, 2.24) is 9.47 Å². The lowest BCUT2D eigenvalue weighted by molar-refractivity contribution is -0.134. The molecule has 0 saturated carbocycles. The zero-order valence-electron chi connectivity index (χ0n) is 19.0. The quantitative estimate of drug-likeness (QED) is 0.372.